The van der Waals surface area contributed by atoms with Gasteiger partial charge in [0.05, 0.1) is 14.2 Å². The van der Waals surface area contributed by atoms with Crippen molar-refractivity contribution in [1.29, 1.82) is 0 Å². The minimum absolute atomic E-state index is 0.504. The molecule has 18 heavy (non-hydrogen) atoms. The molecule has 1 atom stereocenters. The predicted molar refractivity (Wildman–Crippen MR) is 71.3 cm³/mol. The summed E-state index contributed by atoms with van der Waals surface area (Å²) in [4.78, 5) is 12.9. The van der Waals surface area contributed by atoms with E-state index in [2.05, 4.69) is 15.9 Å². The van der Waals surface area contributed by atoms with E-state index in [9.17, 15) is 9.90 Å². The second-order valence-corrected chi connectivity index (χ2v) is 4.79. The van der Waals surface area contributed by atoms with Crippen molar-refractivity contribution in [1.82, 2.24) is 4.90 Å². The number of nitrogens with zero attached hydrogens (tertiary/aromatic N) is 1. The van der Waals surface area contributed by atoms with Gasteiger partial charge < -0.3 is 14.6 Å². The van der Waals surface area contributed by atoms with Gasteiger partial charge in [-0.2, -0.15) is 0 Å². The highest BCUT2D eigenvalue weighted by Gasteiger charge is 2.26. The molecule has 5 nitrogen and oxygen atoms in total. The van der Waals surface area contributed by atoms with Crippen LogP contribution in [0, 0.1) is 0 Å². The summed E-state index contributed by atoms with van der Waals surface area (Å²) in [5.74, 6) is 0.132. The number of carboxylic acids is 1. The number of rotatable bonds is 5. The molecule has 1 aromatic carbocycles. The van der Waals surface area contributed by atoms with Gasteiger partial charge in [0, 0.05) is 4.47 Å². The summed E-state index contributed by atoms with van der Waals surface area (Å²) in [6, 6.07) is 2.62. The summed E-state index contributed by atoms with van der Waals surface area (Å²) in [6.45, 7) is 0. The number of hydrogen-bond acceptors (Lipinski definition) is 4. The summed E-state index contributed by atoms with van der Waals surface area (Å²) in [5, 5.41) is 9.28. The van der Waals surface area contributed by atoms with Gasteiger partial charge in [0.15, 0.2) is 11.5 Å². The summed E-state index contributed by atoms with van der Waals surface area (Å²) in [6.07, 6.45) is 0. The number of aliphatic carboxylic acids is 1. The zero-order chi connectivity index (χ0) is 13.9. The number of halogens is 1. The molecule has 1 N–H and O–H groups in total. The molecule has 6 heteroatoms. The standard InChI is InChI=1S/C12H16BrNO4/c1-14(2)11(12(15)16)7-5-9(17-3)10(18-4)6-8(7)13/h5-6,11H,1-4H3,(H,15,16). The molecule has 1 rings (SSSR count). The molecular formula is C12H16BrNO4. The molecule has 100 valence electrons. The van der Waals surface area contributed by atoms with Gasteiger partial charge in [-0.3, -0.25) is 9.69 Å². The second-order valence-electron chi connectivity index (χ2n) is 3.93. The van der Waals surface area contributed by atoms with Crippen molar-refractivity contribution in [2.24, 2.45) is 0 Å². The van der Waals surface area contributed by atoms with Crippen LogP contribution in [0.1, 0.15) is 11.6 Å². The van der Waals surface area contributed by atoms with Crippen molar-refractivity contribution in [2.75, 3.05) is 28.3 Å². The average Bonchev–Trinajstić information content (AvgIpc) is 2.30. The third-order valence-electron chi connectivity index (χ3n) is 2.55. The van der Waals surface area contributed by atoms with Crippen LogP contribution in [0.25, 0.3) is 0 Å². The molecule has 0 heterocycles. The Bertz CT molecular complexity index is 448. The van der Waals surface area contributed by atoms with Crippen molar-refractivity contribution in [3.05, 3.63) is 22.2 Å². The Labute approximate surface area is 114 Å². The lowest BCUT2D eigenvalue weighted by molar-refractivity contribution is -0.142. The van der Waals surface area contributed by atoms with Gasteiger partial charge in [0.2, 0.25) is 0 Å². The number of carboxylic acid groups (broad SMARTS) is 1. The first kappa shape index (κ1) is 14.8. The molecule has 1 unspecified atom stereocenters. The summed E-state index contributed by atoms with van der Waals surface area (Å²) in [5.41, 5.74) is 0.616. The Balaban J connectivity index is 3.35. The number of carbonyl (C=O) groups is 1. The minimum atomic E-state index is -0.923. The Hall–Kier alpha value is -1.27. The van der Waals surface area contributed by atoms with Crippen LogP contribution in [0.4, 0.5) is 0 Å². The monoisotopic (exact) mass is 317 g/mol. The maximum atomic E-state index is 11.3. The van der Waals surface area contributed by atoms with Crippen LogP contribution in [-0.2, 0) is 4.79 Å². The fourth-order valence-corrected chi connectivity index (χ4v) is 2.25. The predicted octanol–water partition coefficient (Wildman–Crippen LogP) is 2.15. The molecular weight excluding hydrogens is 302 g/mol. The molecule has 0 aliphatic rings. The first-order chi connectivity index (χ1) is 8.42. The number of ether oxygens (including phenoxy) is 2. The lowest BCUT2D eigenvalue weighted by Gasteiger charge is -2.22. The maximum Gasteiger partial charge on any atom is 0.325 e. The van der Waals surface area contributed by atoms with Gasteiger partial charge in [0.25, 0.3) is 0 Å². The van der Waals surface area contributed by atoms with Crippen molar-refractivity contribution in [3.8, 4) is 11.5 Å². The molecule has 0 fully saturated rings. The van der Waals surface area contributed by atoms with Gasteiger partial charge in [-0.05, 0) is 31.8 Å². The van der Waals surface area contributed by atoms with Crippen LogP contribution in [0.2, 0.25) is 0 Å². The van der Waals surface area contributed by atoms with Crippen LogP contribution in [0.15, 0.2) is 16.6 Å². The van der Waals surface area contributed by atoms with Crippen molar-refractivity contribution < 1.29 is 19.4 Å². The van der Waals surface area contributed by atoms with E-state index in [-0.39, 0.29) is 0 Å². The lowest BCUT2D eigenvalue weighted by Crippen LogP contribution is -2.27. The molecule has 0 amide bonds. The Kier molecular flexibility index (Phi) is 4.98. The van der Waals surface area contributed by atoms with Crippen LogP contribution in [0.5, 0.6) is 11.5 Å². The van der Waals surface area contributed by atoms with Gasteiger partial charge in [-0.1, -0.05) is 15.9 Å². The lowest BCUT2D eigenvalue weighted by atomic mass is 10.1. The third-order valence-corrected chi connectivity index (χ3v) is 3.23. The molecule has 0 bridgehead atoms. The van der Waals surface area contributed by atoms with E-state index in [1.54, 1.807) is 31.1 Å². The fraction of sp³-hybridized carbons (Fsp3) is 0.417. The van der Waals surface area contributed by atoms with Crippen LogP contribution < -0.4 is 9.47 Å². The topological polar surface area (TPSA) is 59.0 Å². The zero-order valence-corrected chi connectivity index (χ0v) is 12.3. The van der Waals surface area contributed by atoms with Crippen molar-refractivity contribution in [2.45, 2.75) is 6.04 Å². The normalized spacial score (nSPS) is 12.3. The van der Waals surface area contributed by atoms with Gasteiger partial charge in [-0.25, -0.2) is 0 Å². The smallest absolute Gasteiger partial charge is 0.325 e. The summed E-state index contributed by atoms with van der Waals surface area (Å²) in [7, 11) is 6.47. The Morgan fingerprint density at radius 3 is 2.17 bits per heavy atom. The quantitative estimate of drug-likeness (QED) is 0.901. The molecule has 0 saturated carbocycles. The highest BCUT2D eigenvalue weighted by Crippen LogP contribution is 2.37. The number of hydrogen-bond donors (Lipinski definition) is 1. The molecule has 0 aliphatic heterocycles. The van der Waals surface area contributed by atoms with E-state index in [0.717, 1.165) is 0 Å². The summed E-state index contributed by atoms with van der Waals surface area (Å²) >= 11 is 3.36. The first-order valence-corrected chi connectivity index (χ1v) is 6.02. The van der Waals surface area contributed by atoms with Gasteiger partial charge in [-0.15, -0.1) is 0 Å². The van der Waals surface area contributed by atoms with Crippen molar-refractivity contribution >= 4 is 21.9 Å². The molecule has 0 spiro atoms. The molecule has 1 aromatic rings. The van der Waals surface area contributed by atoms with Crippen LogP contribution in [-0.4, -0.2) is 44.3 Å². The van der Waals surface area contributed by atoms with Crippen molar-refractivity contribution in [3.63, 3.8) is 0 Å². The SMILES string of the molecule is COc1cc(Br)c(C(C(=O)O)N(C)C)cc1OC. The fourth-order valence-electron chi connectivity index (χ4n) is 1.71. The Morgan fingerprint density at radius 2 is 1.78 bits per heavy atom. The highest BCUT2D eigenvalue weighted by atomic mass is 79.9. The number of benzene rings is 1. The number of methoxy groups -OCH3 is 2. The maximum absolute atomic E-state index is 11.3. The van der Waals surface area contributed by atoms with Crippen LogP contribution >= 0.6 is 15.9 Å². The van der Waals surface area contributed by atoms with E-state index in [0.29, 0.717) is 21.5 Å². The molecule has 0 radical (unpaired) electrons. The van der Waals surface area contributed by atoms with Gasteiger partial charge >= 0.3 is 5.97 Å². The van der Waals surface area contributed by atoms with E-state index in [1.807, 2.05) is 0 Å². The van der Waals surface area contributed by atoms with E-state index in [4.69, 9.17) is 9.47 Å². The molecule has 0 aromatic heterocycles. The largest absolute Gasteiger partial charge is 0.493 e. The third kappa shape index (κ3) is 2.94. The Morgan fingerprint density at radius 1 is 1.28 bits per heavy atom. The first-order valence-electron chi connectivity index (χ1n) is 5.23. The second kappa shape index (κ2) is 6.06. The highest BCUT2D eigenvalue weighted by molar-refractivity contribution is 9.10. The van der Waals surface area contributed by atoms with E-state index >= 15 is 0 Å². The minimum Gasteiger partial charge on any atom is -0.493 e. The van der Waals surface area contributed by atoms with E-state index in [1.165, 1.54) is 14.2 Å². The number of likely N-dealkylation sites (N-methyl/N-ethyl adjacent to an activating group) is 1. The molecule has 0 aliphatic carbocycles. The molecule has 0 saturated heterocycles. The van der Waals surface area contributed by atoms with Gasteiger partial charge in [0.1, 0.15) is 6.04 Å². The van der Waals surface area contributed by atoms with E-state index < -0.39 is 12.0 Å². The average molecular weight is 318 g/mol. The summed E-state index contributed by atoms with van der Waals surface area (Å²) < 4.78 is 11.0. The zero-order valence-electron chi connectivity index (χ0n) is 10.7. The van der Waals surface area contributed by atoms with Crippen LogP contribution in [0.3, 0.4) is 0 Å².